The molecule has 6 heteroatoms. The van der Waals surface area contributed by atoms with Crippen LogP contribution in [0.1, 0.15) is 5.56 Å². The molecular weight excluding hydrogens is 310 g/mol. The fraction of sp³-hybridized carbons (Fsp3) is 0.154. The van der Waals surface area contributed by atoms with E-state index in [4.69, 9.17) is 14.6 Å². The number of alkyl halides is 1. The van der Waals surface area contributed by atoms with Gasteiger partial charge in [0, 0.05) is 5.69 Å². The third kappa shape index (κ3) is 1.98. The van der Waals surface area contributed by atoms with E-state index >= 15 is 0 Å². The van der Waals surface area contributed by atoms with Crippen LogP contribution in [0.15, 0.2) is 41.0 Å². The van der Waals surface area contributed by atoms with E-state index in [0.29, 0.717) is 11.7 Å². The molecule has 0 saturated heterocycles. The first kappa shape index (κ1) is 12.1. The van der Waals surface area contributed by atoms with E-state index in [1.165, 1.54) is 0 Å². The van der Waals surface area contributed by atoms with Gasteiger partial charge in [-0.25, -0.2) is 0 Å². The zero-order valence-corrected chi connectivity index (χ0v) is 11.8. The van der Waals surface area contributed by atoms with Crippen LogP contribution in [0.5, 0.6) is 5.75 Å². The second-order valence-corrected chi connectivity index (χ2v) is 4.93. The molecule has 0 fully saturated rings. The molecule has 5 nitrogen and oxygen atoms in total. The number of anilines is 2. The summed E-state index contributed by atoms with van der Waals surface area (Å²) in [6, 6.07) is 9.34. The number of halogens is 1. The Morgan fingerprint density at radius 2 is 2.05 bits per heavy atom. The zero-order valence-electron chi connectivity index (χ0n) is 10.2. The summed E-state index contributed by atoms with van der Waals surface area (Å²) < 4.78 is 10.4. The van der Waals surface area contributed by atoms with Crippen molar-refractivity contribution in [2.24, 2.45) is 0 Å². The van der Waals surface area contributed by atoms with Gasteiger partial charge in [0.25, 0.3) is 0 Å². The average molecular weight is 322 g/mol. The Morgan fingerprint density at radius 1 is 1.32 bits per heavy atom. The lowest BCUT2D eigenvalue weighted by atomic mass is 10.2. The molecule has 19 heavy (non-hydrogen) atoms. The lowest BCUT2D eigenvalue weighted by Crippen LogP contribution is -2.45. The van der Waals surface area contributed by atoms with Gasteiger partial charge in [0.2, 0.25) is 5.88 Å². The molecule has 1 atom stereocenters. The highest BCUT2D eigenvalue weighted by Gasteiger charge is 2.30. The Labute approximate surface area is 118 Å². The number of nitrogens with one attached hydrogen (secondary N) is 2. The van der Waals surface area contributed by atoms with Crippen LogP contribution >= 0.6 is 15.9 Å². The monoisotopic (exact) mass is 321 g/mol. The molecule has 0 amide bonds. The number of methoxy groups -OCH3 is 1. The Hall–Kier alpha value is -1.95. The number of rotatable bonds is 2. The van der Waals surface area contributed by atoms with Crippen molar-refractivity contribution in [2.75, 3.05) is 17.3 Å². The number of amidine groups is 1. The second-order valence-electron chi connectivity index (χ2n) is 4.06. The third-order valence-corrected chi connectivity index (χ3v) is 3.63. The SMILES string of the molecule is COc1ccc(N2C(=N)c3ccoc3NC2Br)cc1. The number of fused-ring (bicyclic) bond motifs is 1. The molecule has 0 saturated carbocycles. The Kier molecular flexibility index (Phi) is 2.94. The van der Waals surface area contributed by atoms with Crippen molar-refractivity contribution >= 4 is 33.3 Å². The van der Waals surface area contributed by atoms with E-state index in [1.54, 1.807) is 19.4 Å². The van der Waals surface area contributed by atoms with Crippen molar-refractivity contribution in [3.8, 4) is 5.75 Å². The zero-order chi connectivity index (χ0) is 13.4. The van der Waals surface area contributed by atoms with Crippen molar-refractivity contribution in [3.63, 3.8) is 0 Å². The van der Waals surface area contributed by atoms with Crippen molar-refractivity contribution in [1.82, 2.24) is 0 Å². The minimum atomic E-state index is -0.230. The maximum Gasteiger partial charge on any atom is 0.205 e. The lowest BCUT2D eigenvalue weighted by molar-refractivity contribution is 0.415. The number of benzene rings is 1. The van der Waals surface area contributed by atoms with Gasteiger partial charge in [-0.15, -0.1) is 0 Å². The molecule has 0 spiro atoms. The van der Waals surface area contributed by atoms with Gasteiger partial charge in [-0.1, -0.05) is 0 Å². The molecule has 1 aliphatic rings. The van der Waals surface area contributed by atoms with Gasteiger partial charge < -0.3 is 14.5 Å². The smallest absolute Gasteiger partial charge is 0.205 e. The van der Waals surface area contributed by atoms with Crippen LogP contribution < -0.4 is 15.0 Å². The van der Waals surface area contributed by atoms with Gasteiger partial charge in [0.15, 0.2) is 5.08 Å². The number of hydrogen-bond acceptors (Lipinski definition) is 4. The maximum absolute atomic E-state index is 8.28. The van der Waals surface area contributed by atoms with Crippen molar-refractivity contribution < 1.29 is 9.15 Å². The molecule has 1 aliphatic heterocycles. The van der Waals surface area contributed by atoms with Gasteiger partial charge in [-0.3, -0.25) is 10.3 Å². The topological polar surface area (TPSA) is 61.5 Å². The molecule has 3 rings (SSSR count). The number of hydrogen-bond donors (Lipinski definition) is 2. The van der Waals surface area contributed by atoms with Gasteiger partial charge in [0.1, 0.15) is 11.6 Å². The molecule has 1 aromatic heterocycles. The average Bonchev–Trinajstić information content (AvgIpc) is 2.88. The highest BCUT2D eigenvalue weighted by atomic mass is 79.9. The van der Waals surface area contributed by atoms with Crippen LogP contribution in [-0.2, 0) is 0 Å². The van der Waals surface area contributed by atoms with Crippen molar-refractivity contribution in [1.29, 1.82) is 5.41 Å². The van der Waals surface area contributed by atoms with Gasteiger partial charge in [-0.2, -0.15) is 0 Å². The molecule has 98 valence electrons. The third-order valence-electron chi connectivity index (χ3n) is 2.99. The fourth-order valence-corrected chi connectivity index (χ4v) is 2.68. The number of furan rings is 1. The van der Waals surface area contributed by atoms with Gasteiger partial charge in [-0.05, 0) is 46.3 Å². The highest BCUT2D eigenvalue weighted by molar-refractivity contribution is 9.09. The van der Waals surface area contributed by atoms with E-state index < -0.39 is 0 Å². The summed E-state index contributed by atoms with van der Waals surface area (Å²) in [4.78, 5) is 1.83. The van der Waals surface area contributed by atoms with Crippen LogP contribution in [0, 0.1) is 5.41 Å². The Bertz CT molecular complexity index is 609. The van der Waals surface area contributed by atoms with E-state index in [-0.39, 0.29) is 5.08 Å². The van der Waals surface area contributed by atoms with Crippen LogP contribution in [0.3, 0.4) is 0 Å². The first-order chi connectivity index (χ1) is 9.20. The minimum absolute atomic E-state index is 0.230. The van der Waals surface area contributed by atoms with E-state index in [0.717, 1.165) is 17.0 Å². The second kappa shape index (κ2) is 4.62. The Balaban J connectivity index is 1.98. The van der Waals surface area contributed by atoms with Crippen LogP contribution in [-0.4, -0.2) is 18.0 Å². The summed E-state index contributed by atoms with van der Waals surface area (Å²) in [6.07, 6.45) is 1.57. The minimum Gasteiger partial charge on any atom is -0.497 e. The number of ether oxygens (including phenoxy) is 1. The molecule has 0 aliphatic carbocycles. The lowest BCUT2D eigenvalue weighted by Gasteiger charge is -2.34. The predicted octanol–water partition coefficient (Wildman–Crippen LogP) is 3.22. The van der Waals surface area contributed by atoms with Crippen LogP contribution in [0.25, 0.3) is 0 Å². The fourth-order valence-electron chi connectivity index (χ4n) is 2.03. The first-order valence-corrected chi connectivity index (χ1v) is 6.62. The molecule has 2 N–H and O–H groups in total. The summed E-state index contributed by atoms with van der Waals surface area (Å²) >= 11 is 3.50. The highest BCUT2D eigenvalue weighted by Crippen LogP contribution is 2.32. The quantitative estimate of drug-likeness (QED) is 0.658. The van der Waals surface area contributed by atoms with Crippen molar-refractivity contribution in [2.45, 2.75) is 5.08 Å². The van der Waals surface area contributed by atoms with Gasteiger partial charge in [0.05, 0.1) is 18.9 Å². The normalized spacial score (nSPS) is 17.9. The predicted molar refractivity (Wildman–Crippen MR) is 77.3 cm³/mol. The summed E-state index contributed by atoms with van der Waals surface area (Å²) in [6.45, 7) is 0. The van der Waals surface area contributed by atoms with E-state index in [1.807, 2.05) is 29.2 Å². The van der Waals surface area contributed by atoms with Crippen molar-refractivity contribution in [3.05, 3.63) is 42.2 Å². The molecule has 0 bridgehead atoms. The van der Waals surface area contributed by atoms with Gasteiger partial charge >= 0.3 is 0 Å². The van der Waals surface area contributed by atoms with Crippen LogP contribution in [0.4, 0.5) is 11.6 Å². The number of nitrogens with zero attached hydrogens (tertiary/aromatic N) is 1. The Morgan fingerprint density at radius 3 is 2.74 bits per heavy atom. The molecule has 1 aromatic carbocycles. The van der Waals surface area contributed by atoms with Crippen LogP contribution in [0.2, 0.25) is 0 Å². The summed E-state index contributed by atoms with van der Waals surface area (Å²) in [5, 5.41) is 11.2. The molecule has 0 radical (unpaired) electrons. The maximum atomic E-state index is 8.28. The molecular formula is C13H12BrN3O2. The van der Waals surface area contributed by atoms with E-state index in [9.17, 15) is 0 Å². The first-order valence-electron chi connectivity index (χ1n) is 5.71. The molecule has 2 heterocycles. The summed E-state index contributed by atoms with van der Waals surface area (Å²) in [5.41, 5.74) is 1.64. The molecule has 1 unspecified atom stereocenters. The standard InChI is InChI=1S/C13H12BrN3O2/c1-18-9-4-2-8(3-5-9)17-11(15)10-6-7-19-12(10)16-13(17)14/h2-7,13,15-16H,1H3. The molecule has 2 aromatic rings. The summed E-state index contributed by atoms with van der Waals surface area (Å²) in [5.74, 6) is 1.78. The summed E-state index contributed by atoms with van der Waals surface area (Å²) in [7, 11) is 1.63. The largest absolute Gasteiger partial charge is 0.497 e. The van der Waals surface area contributed by atoms with E-state index in [2.05, 4.69) is 21.2 Å².